The van der Waals surface area contributed by atoms with Gasteiger partial charge in [0.15, 0.2) is 0 Å². The summed E-state index contributed by atoms with van der Waals surface area (Å²) in [5, 5.41) is 3.07. The van der Waals surface area contributed by atoms with Crippen LogP contribution < -0.4 is 5.32 Å². The number of aromatic nitrogens is 2. The maximum atomic E-state index is 12.2. The molecule has 0 saturated heterocycles. The monoisotopic (exact) mass is 325 g/mol. The van der Waals surface area contributed by atoms with Gasteiger partial charge in [0.05, 0.1) is 6.42 Å². The molecule has 1 aromatic carbocycles. The van der Waals surface area contributed by atoms with Crippen molar-refractivity contribution in [3.8, 4) is 0 Å². The van der Waals surface area contributed by atoms with Crippen LogP contribution in [0, 0.1) is 12.8 Å². The van der Waals surface area contributed by atoms with Crippen molar-refractivity contribution in [2.45, 2.75) is 52.5 Å². The average molecular weight is 325 g/mol. The minimum Gasteiger partial charge on any atom is -0.355 e. The Hall–Kier alpha value is -2.10. The van der Waals surface area contributed by atoms with Crippen LogP contribution in [0.3, 0.4) is 0 Å². The van der Waals surface area contributed by atoms with Crippen LogP contribution in [0.15, 0.2) is 30.6 Å². The van der Waals surface area contributed by atoms with Gasteiger partial charge in [-0.3, -0.25) is 4.79 Å². The van der Waals surface area contributed by atoms with Crippen LogP contribution in [0.1, 0.15) is 42.3 Å². The summed E-state index contributed by atoms with van der Waals surface area (Å²) in [5.74, 6) is 1.51. The topological polar surface area (TPSA) is 46.9 Å². The molecule has 2 aromatic rings. The highest BCUT2D eigenvalue weighted by Gasteiger charge is 2.12. The van der Waals surface area contributed by atoms with Gasteiger partial charge in [-0.2, -0.15) is 0 Å². The van der Waals surface area contributed by atoms with E-state index in [0.29, 0.717) is 18.9 Å². The molecule has 4 nitrogen and oxygen atoms in total. The Morgan fingerprint density at radius 3 is 2.83 bits per heavy atom. The van der Waals surface area contributed by atoms with Crippen molar-refractivity contribution in [2.75, 3.05) is 6.54 Å². The van der Waals surface area contributed by atoms with Gasteiger partial charge in [0.1, 0.15) is 5.82 Å². The number of hydrogen-bond acceptors (Lipinski definition) is 2. The Bertz CT molecular complexity index is 705. The maximum absolute atomic E-state index is 12.2. The first-order chi connectivity index (χ1) is 11.6. The number of imidazole rings is 1. The van der Waals surface area contributed by atoms with Gasteiger partial charge in [0.2, 0.25) is 5.91 Å². The lowest BCUT2D eigenvalue weighted by molar-refractivity contribution is -0.120. The first-order valence-corrected chi connectivity index (χ1v) is 8.97. The van der Waals surface area contributed by atoms with E-state index in [-0.39, 0.29) is 5.91 Å². The molecule has 1 atom stereocenters. The van der Waals surface area contributed by atoms with Crippen molar-refractivity contribution in [1.82, 2.24) is 14.9 Å². The third-order valence-electron chi connectivity index (χ3n) is 4.86. The molecule has 24 heavy (non-hydrogen) atoms. The molecule has 1 aliphatic carbocycles. The molecule has 0 fully saturated rings. The van der Waals surface area contributed by atoms with Crippen LogP contribution in [0.4, 0.5) is 0 Å². The standard InChI is InChI=1S/C20H27N3O/c1-15(14-23-10-9-21-16(23)2)13-22-20(24)12-17-7-8-18-5-3-4-6-19(18)11-17/h7-11,15H,3-6,12-14H2,1-2H3,(H,22,24). The number of fused-ring (bicyclic) bond motifs is 1. The Balaban J connectivity index is 1.48. The van der Waals surface area contributed by atoms with E-state index in [1.807, 2.05) is 19.3 Å². The highest BCUT2D eigenvalue weighted by Crippen LogP contribution is 2.22. The van der Waals surface area contributed by atoms with Crippen LogP contribution in [0.25, 0.3) is 0 Å². The van der Waals surface area contributed by atoms with E-state index < -0.39 is 0 Å². The second-order valence-corrected chi connectivity index (χ2v) is 7.02. The number of nitrogens with zero attached hydrogens (tertiary/aromatic N) is 2. The lowest BCUT2D eigenvalue weighted by Crippen LogP contribution is -2.31. The number of nitrogens with one attached hydrogen (secondary N) is 1. The van der Waals surface area contributed by atoms with E-state index in [1.54, 1.807) is 0 Å². The number of aryl methyl sites for hydroxylation is 3. The molecule has 0 radical (unpaired) electrons. The molecule has 1 unspecified atom stereocenters. The summed E-state index contributed by atoms with van der Waals surface area (Å²) in [6.07, 6.45) is 9.19. The van der Waals surface area contributed by atoms with E-state index in [4.69, 9.17) is 0 Å². The highest BCUT2D eigenvalue weighted by atomic mass is 16.1. The van der Waals surface area contributed by atoms with E-state index in [0.717, 1.165) is 24.4 Å². The van der Waals surface area contributed by atoms with Gasteiger partial charge in [-0.1, -0.05) is 25.1 Å². The zero-order valence-electron chi connectivity index (χ0n) is 14.7. The molecule has 0 aliphatic heterocycles. The van der Waals surface area contributed by atoms with Crippen LogP contribution in [-0.2, 0) is 30.6 Å². The molecule has 1 heterocycles. The highest BCUT2D eigenvalue weighted by molar-refractivity contribution is 5.78. The predicted octanol–water partition coefficient (Wildman–Crippen LogP) is 3.07. The fourth-order valence-corrected chi connectivity index (χ4v) is 3.43. The average Bonchev–Trinajstić information content (AvgIpc) is 2.98. The largest absolute Gasteiger partial charge is 0.355 e. The summed E-state index contributed by atoms with van der Waals surface area (Å²) >= 11 is 0. The number of rotatable bonds is 6. The Morgan fingerprint density at radius 1 is 1.29 bits per heavy atom. The number of benzene rings is 1. The molecule has 0 bridgehead atoms. The van der Waals surface area contributed by atoms with Crippen molar-refractivity contribution in [1.29, 1.82) is 0 Å². The van der Waals surface area contributed by atoms with Gasteiger partial charge in [-0.25, -0.2) is 4.98 Å². The Morgan fingerprint density at radius 2 is 2.08 bits per heavy atom. The van der Waals surface area contributed by atoms with E-state index in [9.17, 15) is 4.79 Å². The van der Waals surface area contributed by atoms with Crippen LogP contribution in [0.2, 0.25) is 0 Å². The second-order valence-electron chi connectivity index (χ2n) is 7.02. The van der Waals surface area contributed by atoms with Crippen LogP contribution >= 0.6 is 0 Å². The molecule has 4 heteroatoms. The summed E-state index contributed by atoms with van der Waals surface area (Å²) < 4.78 is 2.13. The van der Waals surface area contributed by atoms with Gasteiger partial charge >= 0.3 is 0 Å². The number of carbonyl (C=O) groups is 1. The molecular formula is C20H27N3O. The summed E-state index contributed by atoms with van der Waals surface area (Å²) in [7, 11) is 0. The first-order valence-electron chi connectivity index (χ1n) is 8.97. The van der Waals surface area contributed by atoms with Gasteiger partial charge < -0.3 is 9.88 Å². The van der Waals surface area contributed by atoms with Crippen molar-refractivity contribution in [2.24, 2.45) is 5.92 Å². The first kappa shape index (κ1) is 16.7. The van der Waals surface area contributed by atoms with Gasteiger partial charge in [0, 0.05) is 25.5 Å². The molecule has 0 saturated carbocycles. The molecule has 1 N–H and O–H groups in total. The molecular weight excluding hydrogens is 298 g/mol. The fourth-order valence-electron chi connectivity index (χ4n) is 3.43. The molecule has 0 spiro atoms. The third-order valence-corrected chi connectivity index (χ3v) is 4.86. The lowest BCUT2D eigenvalue weighted by atomic mass is 9.90. The minimum absolute atomic E-state index is 0.111. The van der Waals surface area contributed by atoms with Gasteiger partial charge in [-0.05, 0) is 55.2 Å². The van der Waals surface area contributed by atoms with Crippen molar-refractivity contribution in [3.05, 3.63) is 53.1 Å². The third kappa shape index (κ3) is 4.25. The molecule has 1 aromatic heterocycles. The van der Waals surface area contributed by atoms with Crippen molar-refractivity contribution < 1.29 is 4.79 Å². The van der Waals surface area contributed by atoms with Crippen molar-refractivity contribution >= 4 is 5.91 Å². The lowest BCUT2D eigenvalue weighted by Gasteiger charge is -2.17. The summed E-state index contributed by atoms with van der Waals surface area (Å²) in [5.41, 5.74) is 4.04. The Labute approximate surface area is 144 Å². The van der Waals surface area contributed by atoms with Crippen LogP contribution in [0.5, 0.6) is 0 Å². The SMILES string of the molecule is Cc1nccn1CC(C)CNC(=O)Cc1ccc2c(c1)CCCC2. The van der Waals surface area contributed by atoms with Crippen molar-refractivity contribution in [3.63, 3.8) is 0 Å². The molecule has 128 valence electrons. The maximum Gasteiger partial charge on any atom is 0.224 e. The smallest absolute Gasteiger partial charge is 0.224 e. The normalized spacial score (nSPS) is 14.9. The fraction of sp³-hybridized carbons (Fsp3) is 0.500. The van der Waals surface area contributed by atoms with Gasteiger partial charge in [-0.15, -0.1) is 0 Å². The zero-order chi connectivity index (χ0) is 16.9. The van der Waals surface area contributed by atoms with E-state index >= 15 is 0 Å². The molecule has 1 aliphatic rings. The van der Waals surface area contributed by atoms with E-state index in [2.05, 4.69) is 40.0 Å². The number of carbonyl (C=O) groups excluding carboxylic acids is 1. The second kappa shape index (κ2) is 7.65. The quantitative estimate of drug-likeness (QED) is 0.887. The summed E-state index contributed by atoms with van der Waals surface area (Å²) in [6, 6.07) is 6.55. The molecule has 1 amide bonds. The zero-order valence-corrected chi connectivity index (χ0v) is 14.7. The summed E-state index contributed by atoms with van der Waals surface area (Å²) in [6.45, 7) is 5.73. The van der Waals surface area contributed by atoms with Crippen LogP contribution in [-0.4, -0.2) is 22.0 Å². The minimum atomic E-state index is 0.111. The Kier molecular flexibility index (Phi) is 5.34. The number of hydrogen-bond donors (Lipinski definition) is 1. The number of amides is 1. The molecule has 3 rings (SSSR count). The van der Waals surface area contributed by atoms with Gasteiger partial charge in [0.25, 0.3) is 0 Å². The predicted molar refractivity (Wildman–Crippen MR) is 95.9 cm³/mol. The summed E-state index contributed by atoms with van der Waals surface area (Å²) in [4.78, 5) is 16.5. The van der Waals surface area contributed by atoms with E-state index in [1.165, 1.54) is 30.4 Å².